The van der Waals surface area contributed by atoms with E-state index < -0.39 is 23.4 Å². The van der Waals surface area contributed by atoms with Crippen LogP contribution >= 0.6 is 0 Å². The van der Waals surface area contributed by atoms with Crippen molar-refractivity contribution in [1.82, 2.24) is 34.7 Å². The van der Waals surface area contributed by atoms with E-state index in [4.69, 9.17) is 5.26 Å². The van der Waals surface area contributed by atoms with E-state index in [0.29, 0.717) is 24.8 Å². The lowest BCUT2D eigenvalue weighted by atomic mass is 10.0. The minimum Gasteiger partial charge on any atom is -0.344 e. The Bertz CT molecular complexity index is 1560. The van der Waals surface area contributed by atoms with Crippen LogP contribution in [0.25, 0.3) is 28.2 Å². The zero-order valence-corrected chi connectivity index (χ0v) is 19.9. The summed E-state index contributed by atoms with van der Waals surface area (Å²) in [6.45, 7) is 0.439. The first-order chi connectivity index (χ1) is 18.3. The summed E-state index contributed by atoms with van der Waals surface area (Å²) in [5.41, 5.74) is 0.724. The van der Waals surface area contributed by atoms with E-state index in [9.17, 15) is 22.8 Å². The number of aromatic amines is 1. The molecule has 2 aliphatic rings. The van der Waals surface area contributed by atoms with Gasteiger partial charge in [0.15, 0.2) is 17.3 Å². The molecular formula is C25H21F3N8O2. The summed E-state index contributed by atoms with van der Waals surface area (Å²) in [4.78, 5) is 41.8. The first kappa shape index (κ1) is 24.9. The number of fused-ring (bicyclic) bond motifs is 1. The number of nitriles is 1. The summed E-state index contributed by atoms with van der Waals surface area (Å²) in [6, 6.07) is 3.34. The fourth-order valence-corrected chi connectivity index (χ4v) is 3.63. The molecule has 2 N–H and O–H groups in total. The highest BCUT2D eigenvalue weighted by atomic mass is 19.2. The second-order valence-electron chi connectivity index (χ2n) is 8.91. The molecule has 194 valence electrons. The highest BCUT2D eigenvalue weighted by Crippen LogP contribution is 2.23. The number of rotatable bonds is 5. The van der Waals surface area contributed by atoms with Gasteiger partial charge < -0.3 is 19.8 Å². The van der Waals surface area contributed by atoms with Crippen molar-refractivity contribution in [3.63, 3.8) is 0 Å². The highest BCUT2D eigenvalue weighted by Gasteiger charge is 2.30. The molecule has 38 heavy (non-hydrogen) atoms. The number of hydrogen-bond donors (Lipinski definition) is 2. The van der Waals surface area contributed by atoms with Crippen molar-refractivity contribution in [2.45, 2.75) is 19.3 Å². The zero-order chi connectivity index (χ0) is 26.8. The number of nitrogens with zero attached hydrogens (tertiary/aromatic N) is 6. The molecule has 0 radical (unpaired) electrons. The minimum absolute atomic E-state index is 0.137. The van der Waals surface area contributed by atoms with Crippen LogP contribution in [0.2, 0.25) is 0 Å². The number of carbonyl (C=O) groups is 2. The van der Waals surface area contributed by atoms with E-state index in [0.717, 1.165) is 10.6 Å². The van der Waals surface area contributed by atoms with E-state index >= 15 is 0 Å². The third kappa shape index (κ3) is 5.19. The summed E-state index contributed by atoms with van der Waals surface area (Å²) in [5, 5.41) is 11.3. The van der Waals surface area contributed by atoms with Crippen molar-refractivity contribution >= 4 is 23.0 Å². The number of likely N-dealkylation sites (tertiary alicyclic amines) is 1. The molecule has 1 aromatic carbocycles. The number of H-pyrrole nitrogens is 1. The van der Waals surface area contributed by atoms with E-state index in [2.05, 4.69) is 31.3 Å². The quantitative estimate of drug-likeness (QED) is 0.387. The Morgan fingerprint density at radius 1 is 1.13 bits per heavy atom. The molecular weight excluding hydrogens is 501 g/mol. The number of amides is 2. The molecule has 0 atom stereocenters. The molecule has 2 fully saturated rings. The van der Waals surface area contributed by atoms with Crippen LogP contribution < -0.4 is 5.32 Å². The van der Waals surface area contributed by atoms with Gasteiger partial charge in [-0.25, -0.2) is 28.1 Å². The zero-order valence-electron chi connectivity index (χ0n) is 19.9. The first-order valence-electron chi connectivity index (χ1n) is 11.8. The number of imidazole rings is 1. The monoisotopic (exact) mass is 522 g/mol. The molecule has 6 rings (SSSR count). The molecule has 0 bridgehead atoms. The second-order valence-corrected chi connectivity index (χ2v) is 8.91. The molecule has 10 nitrogen and oxygen atoms in total. The summed E-state index contributed by atoms with van der Waals surface area (Å²) in [5.74, 6) is -4.57. The number of halogens is 3. The number of carbonyl (C=O) groups excluding carboxylic acids is 2. The van der Waals surface area contributed by atoms with Crippen molar-refractivity contribution in [1.29, 1.82) is 5.26 Å². The lowest BCUT2D eigenvalue weighted by molar-refractivity contribution is -0.135. The maximum atomic E-state index is 14.1. The van der Waals surface area contributed by atoms with Gasteiger partial charge in [0.2, 0.25) is 5.91 Å². The van der Waals surface area contributed by atoms with Crippen molar-refractivity contribution in [3.8, 4) is 23.1 Å². The number of aromatic nitrogens is 5. The SMILES string of the molecule is C1CC1.N#CC1CN(C(=O)CNC(=O)c2c[nH]c3ncc(-c4cn(-c5cc(F)cc(F)c5F)cn4)nc23)C1. The van der Waals surface area contributed by atoms with Crippen molar-refractivity contribution in [2.75, 3.05) is 19.6 Å². The second kappa shape index (κ2) is 10.3. The van der Waals surface area contributed by atoms with Gasteiger partial charge in [-0.05, 0) is 0 Å². The summed E-state index contributed by atoms with van der Waals surface area (Å²) in [6.07, 6.45) is 9.75. The van der Waals surface area contributed by atoms with Crippen LogP contribution in [0.4, 0.5) is 13.2 Å². The van der Waals surface area contributed by atoms with Gasteiger partial charge >= 0.3 is 0 Å². The number of hydrogen-bond acceptors (Lipinski definition) is 6. The largest absolute Gasteiger partial charge is 0.344 e. The molecule has 3 aromatic heterocycles. The minimum atomic E-state index is -1.34. The van der Waals surface area contributed by atoms with Gasteiger partial charge in [-0.3, -0.25) is 9.59 Å². The predicted molar refractivity (Wildman–Crippen MR) is 128 cm³/mol. The molecule has 0 unspecified atom stereocenters. The Morgan fingerprint density at radius 2 is 1.89 bits per heavy atom. The Morgan fingerprint density at radius 3 is 2.61 bits per heavy atom. The molecule has 1 aliphatic heterocycles. The van der Waals surface area contributed by atoms with Crippen LogP contribution in [0.15, 0.2) is 37.1 Å². The van der Waals surface area contributed by atoms with E-state index in [1.165, 1.54) is 49.1 Å². The Balaban J connectivity index is 0.000000916. The lowest BCUT2D eigenvalue weighted by Gasteiger charge is -2.35. The summed E-state index contributed by atoms with van der Waals surface area (Å²) >= 11 is 0. The van der Waals surface area contributed by atoms with Crippen LogP contribution in [0.1, 0.15) is 29.6 Å². The van der Waals surface area contributed by atoms with Crippen LogP contribution in [0, 0.1) is 34.7 Å². The standard InChI is InChI=1S/C22H15F3N8O2.C3H6/c23-12-1-14(24)19(25)17(2-12)33-9-16(30-10-33)15-5-28-21-20(31-15)13(4-27-21)22(35)29-6-18(34)32-7-11(3-26)8-32;1-2-3-1/h1-2,4-5,9-11H,6-8H2,(H,27,28)(H,29,35);1-3H2. The molecule has 1 saturated carbocycles. The smallest absolute Gasteiger partial charge is 0.255 e. The lowest BCUT2D eigenvalue weighted by Crippen LogP contribution is -2.52. The summed E-state index contributed by atoms with van der Waals surface area (Å²) in [7, 11) is 0. The van der Waals surface area contributed by atoms with Gasteiger partial charge in [0.1, 0.15) is 29.0 Å². The fraction of sp³-hybridized carbons (Fsp3) is 0.280. The van der Waals surface area contributed by atoms with Gasteiger partial charge in [-0.2, -0.15) is 5.26 Å². The maximum Gasteiger partial charge on any atom is 0.255 e. The third-order valence-corrected chi connectivity index (χ3v) is 5.89. The van der Waals surface area contributed by atoms with Gasteiger partial charge in [0.25, 0.3) is 5.91 Å². The van der Waals surface area contributed by atoms with Gasteiger partial charge in [-0.15, -0.1) is 0 Å². The molecule has 4 aromatic rings. The first-order valence-corrected chi connectivity index (χ1v) is 11.8. The van der Waals surface area contributed by atoms with Gasteiger partial charge in [0, 0.05) is 37.6 Å². The number of nitrogens with one attached hydrogen (secondary N) is 2. The molecule has 1 aliphatic carbocycles. The summed E-state index contributed by atoms with van der Waals surface area (Å²) < 4.78 is 42.4. The predicted octanol–water partition coefficient (Wildman–Crippen LogP) is 3.11. The maximum absolute atomic E-state index is 14.1. The van der Waals surface area contributed by atoms with Gasteiger partial charge in [-0.1, -0.05) is 19.3 Å². The fourth-order valence-electron chi connectivity index (χ4n) is 3.63. The molecule has 1 saturated heterocycles. The average molecular weight is 522 g/mol. The Labute approximate surface area is 214 Å². The molecule has 13 heteroatoms. The van der Waals surface area contributed by atoms with Crippen LogP contribution in [-0.4, -0.2) is 60.9 Å². The van der Waals surface area contributed by atoms with Crippen LogP contribution in [0.3, 0.4) is 0 Å². The molecule has 4 heterocycles. The molecule has 0 spiro atoms. The van der Waals surface area contributed by atoms with Crippen LogP contribution in [0.5, 0.6) is 0 Å². The van der Waals surface area contributed by atoms with E-state index in [1.54, 1.807) is 0 Å². The van der Waals surface area contributed by atoms with Crippen LogP contribution in [-0.2, 0) is 4.79 Å². The van der Waals surface area contributed by atoms with E-state index in [1.807, 2.05) is 0 Å². The Hall–Kier alpha value is -4.73. The van der Waals surface area contributed by atoms with Crippen molar-refractivity contribution < 1.29 is 22.8 Å². The normalized spacial score (nSPS) is 14.3. The third-order valence-electron chi connectivity index (χ3n) is 5.89. The molecule has 2 amide bonds. The topological polar surface area (TPSA) is 133 Å². The van der Waals surface area contributed by atoms with Crippen molar-refractivity contribution in [3.05, 3.63) is 60.1 Å². The average Bonchev–Trinajstić information content (AvgIpc) is 3.57. The van der Waals surface area contributed by atoms with E-state index in [-0.39, 0.29) is 46.5 Å². The van der Waals surface area contributed by atoms with Gasteiger partial charge in [0.05, 0.1) is 36.0 Å². The van der Waals surface area contributed by atoms with Crippen molar-refractivity contribution in [2.24, 2.45) is 5.92 Å². The highest BCUT2D eigenvalue weighted by molar-refractivity contribution is 6.05. The number of benzene rings is 1. The Kier molecular flexibility index (Phi) is 6.78.